The fourth-order valence-electron chi connectivity index (χ4n) is 3.38. The van der Waals surface area contributed by atoms with Crippen molar-refractivity contribution in [1.82, 2.24) is 10.2 Å². The van der Waals surface area contributed by atoms with Gasteiger partial charge in [0.15, 0.2) is 0 Å². The highest BCUT2D eigenvalue weighted by Gasteiger charge is 2.34. The minimum absolute atomic E-state index is 0.0780. The Kier molecular flexibility index (Phi) is 5.65. The lowest BCUT2D eigenvalue weighted by Crippen LogP contribution is -2.51. The highest BCUT2D eigenvalue weighted by molar-refractivity contribution is 5.78. The molecule has 1 atom stereocenters. The Balaban J connectivity index is 1.55. The molecule has 2 N–H and O–H groups in total. The Morgan fingerprint density at radius 3 is 2.61 bits per heavy atom. The predicted molar refractivity (Wildman–Crippen MR) is 88.1 cm³/mol. The molecule has 0 aromatic heterocycles. The number of nitrogens with one attached hydrogen (secondary N) is 1. The van der Waals surface area contributed by atoms with Gasteiger partial charge in [0.2, 0.25) is 5.91 Å². The highest BCUT2D eigenvalue weighted by atomic mass is 16.5. The first-order chi connectivity index (χ1) is 11.2. The molecule has 1 aromatic carbocycles. The molecule has 1 saturated carbocycles. The number of morpholine rings is 1. The Labute approximate surface area is 137 Å². The summed E-state index contributed by atoms with van der Waals surface area (Å²) in [5.74, 6) is 0.452. The average molecular weight is 318 g/mol. The maximum atomic E-state index is 12.4. The molecule has 2 fully saturated rings. The number of aliphatic hydroxyl groups excluding tert-OH is 1. The summed E-state index contributed by atoms with van der Waals surface area (Å²) in [6, 6.07) is 10.3. The second kappa shape index (κ2) is 7.90. The van der Waals surface area contributed by atoms with Crippen LogP contribution in [0, 0.1) is 5.92 Å². The van der Waals surface area contributed by atoms with Crippen LogP contribution in [0.5, 0.6) is 0 Å². The van der Waals surface area contributed by atoms with Gasteiger partial charge < -0.3 is 15.2 Å². The molecule has 1 aliphatic carbocycles. The molecule has 0 bridgehead atoms. The molecule has 0 spiro atoms. The Hall–Kier alpha value is -1.43. The fourth-order valence-corrected chi connectivity index (χ4v) is 3.38. The largest absolute Gasteiger partial charge is 0.393 e. The lowest BCUT2D eigenvalue weighted by Gasteiger charge is -2.38. The van der Waals surface area contributed by atoms with Crippen molar-refractivity contribution in [2.75, 3.05) is 32.8 Å². The van der Waals surface area contributed by atoms with Crippen molar-refractivity contribution in [3.63, 3.8) is 0 Å². The lowest BCUT2D eigenvalue weighted by molar-refractivity contribution is -0.125. The van der Waals surface area contributed by atoms with Crippen LogP contribution in [0.3, 0.4) is 0 Å². The van der Waals surface area contributed by atoms with Crippen LogP contribution in [-0.2, 0) is 16.0 Å². The first-order valence-corrected chi connectivity index (χ1v) is 8.52. The molecule has 126 valence electrons. The zero-order valence-corrected chi connectivity index (χ0v) is 13.5. The Morgan fingerprint density at radius 2 is 1.96 bits per heavy atom. The number of hydrogen-bond acceptors (Lipinski definition) is 4. The molecule has 5 heteroatoms. The topological polar surface area (TPSA) is 61.8 Å². The molecule has 0 radical (unpaired) electrons. The number of benzene rings is 1. The number of ether oxygens (including phenoxy) is 1. The first-order valence-electron chi connectivity index (χ1n) is 8.52. The van der Waals surface area contributed by atoms with Gasteiger partial charge in [0.25, 0.3) is 0 Å². The average Bonchev–Trinajstić information content (AvgIpc) is 2.53. The molecule has 1 heterocycles. The van der Waals surface area contributed by atoms with Crippen LogP contribution in [0.2, 0.25) is 0 Å². The zero-order chi connectivity index (χ0) is 16.1. The third-order valence-electron chi connectivity index (χ3n) is 4.83. The third kappa shape index (κ3) is 4.77. The quantitative estimate of drug-likeness (QED) is 0.815. The maximum Gasteiger partial charge on any atom is 0.234 e. The van der Waals surface area contributed by atoms with Crippen LogP contribution in [0.1, 0.15) is 18.4 Å². The van der Waals surface area contributed by atoms with E-state index in [9.17, 15) is 9.90 Å². The number of rotatable bonds is 6. The summed E-state index contributed by atoms with van der Waals surface area (Å²) in [7, 11) is 0. The lowest BCUT2D eigenvalue weighted by atomic mass is 9.75. The molecule has 3 rings (SSSR count). The third-order valence-corrected chi connectivity index (χ3v) is 4.83. The monoisotopic (exact) mass is 318 g/mol. The Bertz CT molecular complexity index is 496. The second-order valence-electron chi connectivity index (χ2n) is 6.64. The standard InChI is InChI=1S/C18H26N2O3/c21-16-11-15(12-16)17(10-14-4-2-1-3-5-14)19-18(22)13-20-6-8-23-9-7-20/h1-5,15-17,21H,6-13H2,(H,19,22)/t15?,16?,17-/m0/s1. The zero-order valence-electron chi connectivity index (χ0n) is 13.5. The van der Waals surface area contributed by atoms with Gasteiger partial charge in [-0.15, -0.1) is 0 Å². The molecule has 1 amide bonds. The van der Waals surface area contributed by atoms with Crippen LogP contribution < -0.4 is 5.32 Å². The van der Waals surface area contributed by atoms with Gasteiger partial charge in [0, 0.05) is 19.1 Å². The van der Waals surface area contributed by atoms with Crippen LogP contribution in [0.25, 0.3) is 0 Å². The minimum Gasteiger partial charge on any atom is -0.393 e. The molecular formula is C18H26N2O3. The van der Waals surface area contributed by atoms with E-state index in [0.717, 1.165) is 32.4 Å². The van der Waals surface area contributed by atoms with Crippen molar-refractivity contribution in [2.24, 2.45) is 5.92 Å². The number of carbonyl (C=O) groups excluding carboxylic acids is 1. The van der Waals surface area contributed by atoms with Crippen molar-refractivity contribution in [3.05, 3.63) is 35.9 Å². The van der Waals surface area contributed by atoms with Crippen molar-refractivity contribution in [1.29, 1.82) is 0 Å². The van der Waals surface area contributed by atoms with Gasteiger partial charge >= 0.3 is 0 Å². The van der Waals surface area contributed by atoms with Crippen molar-refractivity contribution in [3.8, 4) is 0 Å². The van der Waals surface area contributed by atoms with E-state index in [-0.39, 0.29) is 18.1 Å². The van der Waals surface area contributed by atoms with Crippen molar-refractivity contribution < 1.29 is 14.6 Å². The van der Waals surface area contributed by atoms with Gasteiger partial charge in [-0.25, -0.2) is 0 Å². The van der Waals surface area contributed by atoms with Crippen LogP contribution in [0.15, 0.2) is 30.3 Å². The second-order valence-corrected chi connectivity index (χ2v) is 6.64. The summed E-state index contributed by atoms with van der Waals surface area (Å²) in [6.07, 6.45) is 2.20. The summed E-state index contributed by atoms with van der Waals surface area (Å²) in [6.45, 7) is 3.48. The highest BCUT2D eigenvalue weighted by Crippen LogP contribution is 2.31. The van der Waals surface area contributed by atoms with Crippen LogP contribution in [-0.4, -0.2) is 60.9 Å². The molecular weight excluding hydrogens is 292 g/mol. The van der Waals surface area contributed by atoms with E-state index in [1.165, 1.54) is 5.56 Å². The van der Waals surface area contributed by atoms with Crippen LogP contribution >= 0.6 is 0 Å². The van der Waals surface area contributed by atoms with E-state index in [4.69, 9.17) is 4.74 Å². The molecule has 1 aliphatic heterocycles. The molecule has 0 unspecified atom stereocenters. The summed E-state index contributed by atoms with van der Waals surface area (Å²) < 4.78 is 5.32. The SMILES string of the molecule is O=C(CN1CCOCC1)N[C@@H](Cc1ccccc1)C1CC(O)C1. The van der Waals surface area contributed by atoms with Gasteiger partial charge in [-0.2, -0.15) is 0 Å². The summed E-state index contributed by atoms with van der Waals surface area (Å²) in [5, 5.41) is 12.8. The summed E-state index contributed by atoms with van der Waals surface area (Å²) in [4.78, 5) is 14.5. The minimum atomic E-state index is -0.200. The van der Waals surface area contributed by atoms with E-state index >= 15 is 0 Å². The smallest absolute Gasteiger partial charge is 0.234 e. The maximum absolute atomic E-state index is 12.4. The fraction of sp³-hybridized carbons (Fsp3) is 0.611. The van der Waals surface area contributed by atoms with E-state index in [2.05, 4.69) is 22.3 Å². The molecule has 5 nitrogen and oxygen atoms in total. The van der Waals surface area contributed by atoms with Crippen molar-refractivity contribution >= 4 is 5.91 Å². The summed E-state index contributed by atoms with van der Waals surface area (Å²) >= 11 is 0. The van der Waals surface area contributed by atoms with Gasteiger partial charge in [0.05, 0.1) is 25.9 Å². The number of hydrogen-bond donors (Lipinski definition) is 2. The van der Waals surface area contributed by atoms with E-state index in [1.54, 1.807) is 0 Å². The Morgan fingerprint density at radius 1 is 1.26 bits per heavy atom. The van der Waals surface area contributed by atoms with Crippen LogP contribution in [0.4, 0.5) is 0 Å². The van der Waals surface area contributed by atoms with Gasteiger partial charge in [-0.1, -0.05) is 30.3 Å². The van der Waals surface area contributed by atoms with E-state index in [0.29, 0.717) is 25.7 Å². The summed E-state index contributed by atoms with van der Waals surface area (Å²) in [5.41, 5.74) is 1.23. The molecule has 1 saturated heterocycles. The van der Waals surface area contributed by atoms with Gasteiger partial charge in [-0.05, 0) is 30.7 Å². The van der Waals surface area contributed by atoms with E-state index in [1.807, 2.05) is 18.2 Å². The normalized spacial score (nSPS) is 26.3. The molecule has 1 aromatic rings. The predicted octanol–water partition coefficient (Wildman–Crippen LogP) is 0.817. The number of aliphatic hydroxyl groups is 1. The van der Waals surface area contributed by atoms with Gasteiger partial charge in [0.1, 0.15) is 0 Å². The van der Waals surface area contributed by atoms with E-state index < -0.39 is 0 Å². The van der Waals surface area contributed by atoms with Crippen molar-refractivity contribution in [2.45, 2.75) is 31.4 Å². The van der Waals surface area contributed by atoms with Gasteiger partial charge in [-0.3, -0.25) is 9.69 Å². The number of nitrogens with zero attached hydrogens (tertiary/aromatic N) is 1. The molecule has 23 heavy (non-hydrogen) atoms. The number of amides is 1. The first kappa shape index (κ1) is 16.4. The number of carbonyl (C=O) groups is 1. The molecule has 2 aliphatic rings.